The Hall–Kier alpha value is -2.40. The van der Waals surface area contributed by atoms with Crippen molar-refractivity contribution in [3.05, 3.63) is 64.2 Å². The zero-order valence-corrected chi connectivity index (χ0v) is 12.9. The van der Waals surface area contributed by atoms with E-state index in [2.05, 4.69) is 0 Å². The first-order chi connectivity index (χ1) is 10.9. The van der Waals surface area contributed by atoms with E-state index in [1.807, 2.05) is 0 Å². The molecule has 0 bridgehead atoms. The molecular weight excluding hydrogens is 326 g/mol. The molecule has 0 spiro atoms. The van der Waals surface area contributed by atoms with Gasteiger partial charge < -0.3 is 9.84 Å². The van der Waals surface area contributed by atoms with E-state index >= 15 is 0 Å². The molecule has 1 N–H and O–H groups in total. The van der Waals surface area contributed by atoms with Crippen molar-refractivity contribution >= 4 is 23.5 Å². The lowest BCUT2D eigenvalue weighted by molar-refractivity contribution is 0.104. The minimum atomic E-state index is -0.932. The number of halogens is 3. The third-order valence-electron chi connectivity index (χ3n) is 2.99. The van der Waals surface area contributed by atoms with E-state index in [1.165, 1.54) is 24.3 Å². The first-order valence-electron chi connectivity index (χ1n) is 6.75. The van der Waals surface area contributed by atoms with Crippen molar-refractivity contribution < 1.29 is 23.4 Å². The van der Waals surface area contributed by atoms with Crippen LogP contribution in [0.4, 0.5) is 8.78 Å². The molecule has 120 valence electrons. The van der Waals surface area contributed by atoms with Crippen molar-refractivity contribution in [3.8, 4) is 11.5 Å². The first kappa shape index (κ1) is 17.0. The highest BCUT2D eigenvalue weighted by molar-refractivity contribution is 6.32. The average Bonchev–Trinajstić information content (AvgIpc) is 2.50. The Morgan fingerprint density at radius 1 is 1.30 bits per heavy atom. The van der Waals surface area contributed by atoms with Gasteiger partial charge in [-0.3, -0.25) is 4.79 Å². The number of hydrogen-bond acceptors (Lipinski definition) is 3. The van der Waals surface area contributed by atoms with Crippen LogP contribution >= 0.6 is 11.6 Å². The quantitative estimate of drug-likeness (QED) is 0.639. The number of carbonyl (C=O) groups excluding carboxylic acids is 1. The van der Waals surface area contributed by atoms with Crippen LogP contribution < -0.4 is 4.74 Å². The fourth-order valence-electron chi connectivity index (χ4n) is 1.94. The fourth-order valence-corrected chi connectivity index (χ4v) is 2.16. The van der Waals surface area contributed by atoms with Crippen LogP contribution in [0, 0.1) is 11.6 Å². The standard InChI is InChI=1S/C17H13ClF2O3/c1-2-23-15-9-10(8-11(18)17(15)22)6-7-14(21)16-12(19)4-3-5-13(16)20/h3-9,22H,2H2,1H3/b7-6+. The molecule has 0 aliphatic carbocycles. The fraction of sp³-hybridized carbons (Fsp3) is 0.118. The Bertz CT molecular complexity index is 752. The second-order valence-corrected chi connectivity index (χ2v) is 4.98. The Labute approximate surface area is 136 Å². The molecule has 0 radical (unpaired) electrons. The molecule has 2 aromatic carbocycles. The Kier molecular flexibility index (Phi) is 5.34. The molecule has 0 unspecified atom stereocenters. The van der Waals surface area contributed by atoms with Crippen molar-refractivity contribution in [2.75, 3.05) is 6.61 Å². The third-order valence-corrected chi connectivity index (χ3v) is 3.28. The predicted molar refractivity (Wildman–Crippen MR) is 84.0 cm³/mol. The third kappa shape index (κ3) is 3.87. The Balaban J connectivity index is 2.31. The molecular formula is C17H13ClF2O3. The predicted octanol–water partition coefficient (Wildman–Crippen LogP) is 4.62. The van der Waals surface area contributed by atoms with E-state index in [-0.39, 0.29) is 16.5 Å². The zero-order chi connectivity index (χ0) is 17.0. The lowest BCUT2D eigenvalue weighted by atomic mass is 10.1. The smallest absolute Gasteiger partial charge is 0.191 e. The molecule has 0 amide bonds. The van der Waals surface area contributed by atoms with Crippen LogP contribution in [-0.2, 0) is 0 Å². The van der Waals surface area contributed by atoms with Gasteiger partial charge in [-0.1, -0.05) is 23.7 Å². The van der Waals surface area contributed by atoms with Crippen LogP contribution in [0.5, 0.6) is 11.5 Å². The van der Waals surface area contributed by atoms with Gasteiger partial charge in [0.2, 0.25) is 0 Å². The summed E-state index contributed by atoms with van der Waals surface area (Å²) < 4.78 is 32.3. The number of phenolic OH excluding ortho intramolecular Hbond substituents is 1. The topological polar surface area (TPSA) is 46.5 Å². The number of allylic oxidation sites excluding steroid dienone is 1. The number of aromatic hydroxyl groups is 1. The minimum absolute atomic E-state index is 0.0418. The van der Waals surface area contributed by atoms with E-state index in [1.54, 1.807) is 6.92 Å². The zero-order valence-electron chi connectivity index (χ0n) is 12.1. The molecule has 2 aromatic rings. The number of carbonyl (C=O) groups is 1. The summed E-state index contributed by atoms with van der Waals surface area (Å²) in [6.07, 6.45) is 2.36. The highest BCUT2D eigenvalue weighted by atomic mass is 35.5. The van der Waals surface area contributed by atoms with Crippen molar-refractivity contribution in [1.82, 2.24) is 0 Å². The highest BCUT2D eigenvalue weighted by Crippen LogP contribution is 2.35. The van der Waals surface area contributed by atoms with Crippen molar-refractivity contribution in [2.45, 2.75) is 6.92 Å². The van der Waals surface area contributed by atoms with Gasteiger partial charge in [0.1, 0.15) is 11.6 Å². The molecule has 0 saturated heterocycles. The number of hydrogen-bond donors (Lipinski definition) is 1. The molecule has 0 fully saturated rings. The maximum Gasteiger partial charge on any atom is 0.191 e. The van der Waals surface area contributed by atoms with Gasteiger partial charge in [-0.15, -0.1) is 0 Å². The maximum atomic E-state index is 13.5. The van der Waals surface area contributed by atoms with Crippen molar-refractivity contribution in [3.63, 3.8) is 0 Å². The van der Waals surface area contributed by atoms with Crippen LogP contribution in [0.15, 0.2) is 36.4 Å². The molecule has 2 rings (SSSR count). The summed E-state index contributed by atoms with van der Waals surface area (Å²) in [5.74, 6) is -2.74. The summed E-state index contributed by atoms with van der Waals surface area (Å²) in [5, 5.41) is 9.78. The number of ether oxygens (including phenoxy) is 1. The molecule has 0 heterocycles. The summed E-state index contributed by atoms with van der Waals surface area (Å²) >= 11 is 5.87. The summed E-state index contributed by atoms with van der Waals surface area (Å²) in [6, 6.07) is 6.07. The van der Waals surface area contributed by atoms with Crippen molar-refractivity contribution in [2.24, 2.45) is 0 Å². The van der Waals surface area contributed by atoms with Gasteiger partial charge >= 0.3 is 0 Å². The lowest BCUT2D eigenvalue weighted by Gasteiger charge is -2.08. The minimum Gasteiger partial charge on any atom is -0.503 e. The van der Waals surface area contributed by atoms with Gasteiger partial charge in [0, 0.05) is 0 Å². The van der Waals surface area contributed by atoms with Gasteiger partial charge in [-0.2, -0.15) is 0 Å². The van der Waals surface area contributed by atoms with Crippen LogP contribution in [0.2, 0.25) is 5.02 Å². The van der Waals surface area contributed by atoms with Gasteiger partial charge in [-0.05, 0) is 42.8 Å². The van der Waals surface area contributed by atoms with E-state index in [0.29, 0.717) is 12.2 Å². The molecule has 0 atom stereocenters. The number of rotatable bonds is 5. The normalized spacial score (nSPS) is 11.0. The molecule has 0 aromatic heterocycles. The SMILES string of the molecule is CCOc1cc(/C=C/C(=O)c2c(F)cccc2F)cc(Cl)c1O. The van der Waals surface area contributed by atoms with E-state index in [4.69, 9.17) is 16.3 Å². The van der Waals surface area contributed by atoms with Crippen LogP contribution in [0.3, 0.4) is 0 Å². The van der Waals surface area contributed by atoms with Crippen LogP contribution in [-0.4, -0.2) is 17.5 Å². The Morgan fingerprint density at radius 3 is 2.57 bits per heavy atom. The number of phenols is 1. The van der Waals surface area contributed by atoms with Crippen LogP contribution in [0.1, 0.15) is 22.8 Å². The first-order valence-corrected chi connectivity index (χ1v) is 7.13. The van der Waals surface area contributed by atoms with E-state index in [9.17, 15) is 18.7 Å². The molecule has 0 aliphatic rings. The molecule has 0 saturated carbocycles. The number of benzene rings is 2. The summed E-state index contributed by atoms with van der Waals surface area (Å²) in [5.41, 5.74) is -0.181. The summed E-state index contributed by atoms with van der Waals surface area (Å²) in [6.45, 7) is 2.05. The van der Waals surface area contributed by atoms with E-state index < -0.39 is 23.0 Å². The molecule has 0 aliphatic heterocycles. The van der Waals surface area contributed by atoms with Crippen molar-refractivity contribution in [1.29, 1.82) is 0 Å². The summed E-state index contributed by atoms with van der Waals surface area (Å²) in [4.78, 5) is 11.9. The van der Waals surface area contributed by atoms with Crippen LogP contribution in [0.25, 0.3) is 6.08 Å². The molecule has 23 heavy (non-hydrogen) atoms. The highest BCUT2D eigenvalue weighted by Gasteiger charge is 2.14. The lowest BCUT2D eigenvalue weighted by Crippen LogP contribution is -2.02. The van der Waals surface area contributed by atoms with Gasteiger partial charge in [-0.25, -0.2) is 8.78 Å². The van der Waals surface area contributed by atoms with E-state index in [0.717, 1.165) is 18.2 Å². The second kappa shape index (κ2) is 7.24. The molecule has 6 heteroatoms. The second-order valence-electron chi connectivity index (χ2n) is 4.58. The summed E-state index contributed by atoms with van der Waals surface area (Å²) in [7, 11) is 0. The monoisotopic (exact) mass is 338 g/mol. The number of ketones is 1. The maximum absolute atomic E-state index is 13.5. The van der Waals surface area contributed by atoms with Gasteiger partial charge in [0.05, 0.1) is 17.2 Å². The Morgan fingerprint density at radius 2 is 1.96 bits per heavy atom. The largest absolute Gasteiger partial charge is 0.503 e. The van der Waals surface area contributed by atoms with Gasteiger partial charge in [0.15, 0.2) is 17.3 Å². The molecule has 3 nitrogen and oxygen atoms in total. The average molecular weight is 339 g/mol. The van der Waals surface area contributed by atoms with Gasteiger partial charge in [0.25, 0.3) is 0 Å².